The van der Waals surface area contributed by atoms with Gasteiger partial charge in [-0.1, -0.05) is 31.2 Å². The Hall–Kier alpha value is -1.92. The molecule has 0 aliphatic carbocycles. The van der Waals surface area contributed by atoms with Gasteiger partial charge in [-0.05, 0) is 43.4 Å². The van der Waals surface area contributed by atoms with Gasteiger partial charge in [-0.3, -0.25) is 9.89 Å². The van der Waals surface area contributed by atoms with Crippen molar-refractivity contribution < 1.29 is 0 Å². The number of benzene rings is 1. The number of thiazole rings is 1. The molecule has 1 fully saturated rings. The Bertz CT molecular complexity index is 753. The molecule has 5 nitrogen and oxygen atoms in total. The summed E-state index contributed by atoms with van der Waals surface area (Å²) in [6, 6.07) is 8.97. The lowest BCUT2D eigenvalue weighted by Gasteiger charge is -2.30. The van der Waals surface area contributed by atoms with Gasteiger partial charge in [0.15, 0.2) is 5.96 Å². The average Bonchev–Trinajstić information content (AvgIpc) is 3.11. The molecule has 1 saturated heterocycles. The quantitative estimate of drug-likeness (QED) is 0.552. The molecule has 0 saturated carbocycles. The fourth-order valence-corrected chi connectivity index (χ4v) is 4.45. The average molecular weight is 400 g/mol. The molecule has 3 rings (SSSR count). The van der Waals surface area contributed by atoms with Gasteiger partial charge in [-0.15, -0.1) is 11.3 Å². The second kappa shape index (κ2) is 10.6. The number of piperidine rings is 1. The van der Waals surface area contributed by atoms with E-state index in [4.69, 9.17) is 0 Å². The number of nitrogens with one attached hydrogen (secondary N) is 2. The summed E-state index contributed by atoms with van der Waals surface area (Å²) in [6.07, 6.45) is 5.56. The van der Waals surface area contributed by atoms with E-state index >= 15 is 0 Å². The Morgan fingerprint density at radius 2 is 2.04 bits per heavy atom. The fraction of sp³-hybridized carbons (Fsp3) is 0.545. The second-order valence-corrected chi connectivity index (χ2v) is 9.09. The van der Waals surface area contributed by atoms with E-state index in [0.717, 1.165) is 37.9 Å². The highest BCUT2D eigenvalue weighted by atomic mass is 32.1. The SMILES string of the molecule is CN=C(NCCc1ncc(C)s1)NCc1ccc(CN2CCCC(C)C2)cc1. The Morgan fingerprint density at radius 1 is 1.25 bits per heavy atom. The van der Waals surface area contributed by atoms with Crippen molar-refractivity contribution in [1.82, 2.24) is 20.5 Å². The van der Waals surface area contributed by atoms with Crippen LogP contribution in [-0.2, 0) is 19.5 Å². The van der Waals surface area contributed by atoms with Crippen LogP contribution in [0, 0.1) is 12.8 Å². The van der Waals surface area contributed by atoms with E-state index in [9.17, 15) is 0 Å². The molecule has 2 aromatic rings. The van der Waals surface area contributed by atoms with Gasteiger partial charge in [-0.2, -0.15) is 0 Å². The van der Waals surface area contributed by atoms with Crippen LogP contribution >= 0.6 is 11.3 Å². The number of nitrogens with zero attached hydrogens (tertiary/aromatic N) is 3. The predicted molar refractivity (Wildman–Crippen MR) is 119 cm³/mol. The van der Waals surface area contributed by atoms with Crippen LogP contribution < -0.4 is 10.6 Å². The lowest BCUT2D eigenvalue weighted by molar-refractivity contribution is 0.176. The minimum atomic E-state index is 0.775. The summed E-state index contributed by atoms with van der Waals surface area (Å²) in [5.41, 5.74) is 2.67. The number of aromatic nitrogens is 1. The zero-order valence-electron chi connectivity index (χ0n) is 17.4. The first-order valence-electron chi connectivity index (χ1n) is 10.3. The van der Waals surface area contributed by atoms with Crippen molar-refractivity contribution in [2.45, 2.75) is 46.2 Å². The number of aliphatic imine (C=N–C) groups is 1. The normalized spacial score (nSPS) is 18.2. The molecule has 1 aromatic carbocycles. The minimum Gasteiger partial charge on any atom is -0.356 e. The Labute approximate surface area is 173 Å². The highest BCUT2D eigenvalue weighted by molar-refractivity contribution is 7.11. The molecule has 0 amide bonds. The molecular formula is C22H33N5S. The molecule has 2 N–H and O–H groups in total. The molecule has 0 spiro atoms. The van der Waals surface area contributed by atoms with E-state index < -0.39 is 0 Å². The first kappa shape index (κ1) is 20.8. The molecule has 0 bridgehead atoms. The first-order valence-corrected chi connectivity index (χ1v) is 11.1. The number of rotatable bonds is 7. The highest BCUT2D eigenvalue weighted by Crippen LogP contribution is 2.18. The third kappa shape index (κ3) is 6.60. The largest absolute Gasteiger partial charge is 0.356 e. The van der Waals surface area contributed by atoms with Crippen LogP contribution in [0.15, 0.2) is 35.5 Å². The monoisotopic (exact) mass is 399 g/mol. The maximum absolute atomic E-state index is 4.40. The Kier molecular flexibility index (Phi) is 7.86. The van der Waals surface area contributed by atoms with Crippen molar-refractivity contribution in [2.75, 3.05) is 26.7 Å². The molecule has 2 heterocycles. The summed E-state index contributed by atoms with van der Waals surface area (Å²) in [6.45, 7) is 9.59. The zero-order chi connectivity index (χ0) is 19.8. The van der Waals surface area contributed by atoms with Crippen molar-refractivity contribution in [3.8, 4) is 0 Å². The zero-order valence-corrected chi connectivity index (χ0v) is 18.2. The van der Waals surface area contributed by atoms with Crippen LogP contribution in [0.5, 0.6) is 0 Å². The van der Waals surface area contributed by atoms with E-state index in [1.54, 1.807) is 11.3 Å². The molecule has 6 heteroatoms. The van der Waals surface area contributed by atoms with Crippen LogP contribution in [0.2, 0.25) is 0 Å². The van der Waals surface area contributed by atoms with Gasteiger partial charge in [-0.25, -0.2) is 4.98 Å². The summed E-state index contributed by atoms with van der Waals surface area (Å²) in [5.74, 6) is 1.66. The van der Waals surface area contributed by atoms with Crippen molar-refractivity contribution >= 4 is 17.3 Å². The first-order chi connectivity index (χ1) is 13.6. The summed E-state index contributed by atoms with van der Waals surface area (Å²) >= 11 is 1.76. The summed E-state index contributed by atoms with van der Waals surface area (Å²) < 4.78 is 0. The van der Waals surface area contributed by atoms with E-state index in [-0.39, 0.29) is 0 Å². The molecule has 1 aromatic heterocycles. The van der Waals surface area contributed by atoms with Gasteiger partial charge >= 0.3 is 0 Å². The summed E-state index contributed by atoms with van der Waals surface area (Å²) in [7, 11) is 1.81. The summed E-state index contributed by atoms with van der Waals surface area (Å²) in [5, 5.41) is 7.93. The number of hydrogen-bond donors (Lipinski definition) is 2. The van der Waals surface area contributed by atoms with Crippen molar-refractivity contribution in [1.29, 1.82) is 0 Å². The molecule has 152 valence electrons. The van der Waals surface area contributed by atoms with Crippen molar-refractivity contribution in [2.24, 2.45) is 10.9 Å². The number of guanidine groups is 1. The number of hydrogen-bond acceptors (Lipinski definition) is 4. The predicted octanol–water partition coefficient (Wildman–Crippen LogP) is 3.59. The summed E-state index contributed by atoms with van der Waals surface area (Å²) in [4.78, 5) is 12.6. The van der Waals surface area contributed by atoms with Crippen LogP contribution in [0.3, 0.4) is 0 Å². The van der Waals surface area contributed by atoms with Gasteiger partial charge in [0.2, 0.25) is 0 Å². The van der Waals surface area contributed by atoms with Crippen molar-refractivity contribution in [3.63, 3.8) is 0 Å². The lowest BCUT2D eigenvalue weighted by atomic mass is 9.99. The van der Waals surface area contributed by atoms with E-state index in [2.05, 4.69) is 63.6 Å². The molecular weight excluding hydrogens is 366 g/mol. The highest BCUT2D eigenvalue weighted by Gasteiger charge is 2.16. The second-order valence-electron chi connectivity index (χ2n) is 7.77. The van der Waals surface area contributed by atoms with Gasteiger partial charge in [0.05, 0.1) is 5.01 Å². The Balaban J connectivity index is 1.40. The lowest BCUT2D eigenvalue weighted by Crippen LogP contribution is -2.37. The smallest absolute Gasteiger partial charge is 0.191 e. The fourth-order valence-electron chi connectivity index (χ4n) is 3.66. The molecule has 1 aliphatic heterocycles. The molecule has 1 atom stereocenters. The minimum absolute atomic E-state index is 0.775. The standard InChI is InChI=1S/C22H33N5S/c1-17-5-4-12-27(15-17)16-20-8-6-19(7-9-20)14-26-22(23-3)24-11-10-21-25-13-18(2)28-21/h6-9,13,17H,4-5,10-12,14-16H2,1-3H3,(H2,23,24,26). The van der Waals surface area contributed by atoms with Gasteiger partial charge in [0.1, 0.15) is 0 Å². The maximum Gasteiger partial charge on any atom is 0.191 e. The third-order valence-corrected chi connectivity index (χ3v) is 6.13. The molecule has 0 radical (unpaired) electrons. The van der Waals surface area contributed by atoms with Gasteiger partial charge < -0.3 is 10.6 Å². The van der Waals surface area contributed by atoms with E-state index in [1.807, 2.05) is 13.2 Å². The third-order valence-electron chi connectivity index (χ3n) is 5.15. The van der Waals surface area contributed by atoms with Crippen LogP contribution in [0.1, 0.15) is 40.8 Å². The van der Waals surface area contributed by atoms with Crippen molar-refractivity contribution in [3.05, 3.63) is 51.5 Å². The molecule has 1 aliphatic rings. The molecule has 28 heavy (non-hydrogen) atoms. The van der Waals surface area contributed by atoms with Gasteiger partial charge in [0, 0.05) is 50.7 Å². The maximum atomic E-state index is 4.40. The molecule has 1 unspecified atom stereocenters. The Morgan fingerprint density at radius 3 is 2.71 bits per heavy atom. The topological polar surface area (TPSA) is 52.6 Å². The number of aryl methyl sites for hydroxylation is 1. The van der Waals surface area contributed by atoms with Crippen LogP contribution in [-0.4, -0.2) is 42.5 Å². The van der Waals surface area contributed by atoms with Crippen LogP contribution in [0.4, 0.5) is 0 Å². The number of likely N-dealkylation sites (tertiary alicyclic amines) is 1. The van der Waals surface area contributed by atoms with Crippen LogP contribution in [0.25, 0.3) is 0 Å². The van der Waals surface area contributed by atoms with E-state index in [1.165, 1.54) is 46.9 Å². The van der Waals surface area contributed by atoms with Gasteiger partial charge in [0.25, 0.3) is 0 Å². The van der Waals surface area contributed by atoms with E-state index in [0.29, 0.717) is 0 Å².